The fraction of sp³-hybridized carbons (Fsp3) is 0.458. The fourth-order valence-corrected chi connectivity index (χ4v) is 6.11. The topological polar surface area (TPSA) is 69.6 Å². The van der Waals surface area contributed by atoms with E-state index in [0.29, 0.717) is 24.6 Å². The van der Waals surface area contributed by atoms with Gasteiger partial charge in [0, 0.05) is 42.5 Å². The van der Waals surface area contributed by atoms with E-state index < -0.39 is 0 Å². The zero-order chi connectivity index (χ0) is 20.9. The Morgan fingerprint density at radius 2 is 1.87 bits per heavy atom. The van der Waals surface area contributed by atoms with Gasteiger partial charge in [-0.1, -0.05) is 6.07 Å². The molecular formula is C24H26N4O2S. The molecule has 3 heterocycles. The Labute approximate surface area is 185 Å². The van der Waals surface area contributed by atoms with Gasteiger partial charge < -0.3 is 14.9 Å². The summed E-state index contributed by atoms with van der Waals surface area (Å²) in [5, 5.41) is 11.0. The lowest BCUT2D eigenvalue weighted by Gasteiger charge is -2.36. The number of fused-ring (bicyclic) bond motifs is 3. The van der Waals surface area contributed by atoms with Gasteiger partial charge in [0.15, 0.2) is 0 Å². The number of aromatic hydroxyl groups is 1. The molecule has 160 valence electrons. The van der Waals surface area contributed by atoms with E-state index in [1.807, 2.05) is 16.2 Å². The number of rotatable bonds is 3. The molecule has 2 aliphatic carbocycles. The van der Waals surface area contributed by atoms with E-state index in [1.54, 1.807) is 24.3 Å². The lowest BCUT2D eigenvalue weighted by atomic mass is 9.97. The first-order chi connectivity index (χ1) is 15.2. The minimum absolute atomic E-state index is 0.0185. The number of amides is 1. The van der Waals surface area contributed by atoms with Crippen LogP contribution in [0, 0.1) is 0 Å². The Kier molecular flexibility index (Phi) is 4.60. The summed E-state index contributed by atoms with van der Waals surface area (Å²) in [6.07, 6.45) is 7.21. The van der Waals surface area contributed by atoms with Crippen molar-refractivity contribution in [2.24, 2.45) is 0 Å². The number of benzene rings is 1. The van der Waals surface area contributed by atoms with Gasteiger partial charge in [0.2, 0.25) is 0 Å². The summed E-state index contributed by atoms with van der Waals surface area (Å²) >= 11 is 1.88. The lowest BCUT2D eigenvalue weighted by molar-refractivity contribution is 0.0746. The van der Waals surface area contributed by atoms with E-state index in [2.05, 4.69) is 4.90 Å². The van der Waals surface area contributed by atoms with E-state index in [4.69, 9.17) is 9.97 Å². The first-order valence-electron chi connectivity index (χ1n) is 11.3. The van der Waals surface area contributed by atoms with Crippen LogP contribution in [0.15, 0.2) is 24.3 Å². The van der Waals surface area contributed by atoms with Crippen molar-refractivity contribution in [1.29, 1.82) is 0 Å². The van der Waals surface area contributed by atoms with Crippen LogP contribution in [-0.4, -0.2) is 52.1 Å². The molecule has 3 aromatic rings. The zero-order valence-corrected chi connectivity index (χ0v) is 18.3. The summed E-state index contributed by atoms with van der Waals surface area (Å²) in [5.74, 6) is 2.74. The van der Waals surface area contributed by atoms with E-state index in [9.17, 15) is 9.90 Å². The molecule has 1 saturated carbocycles. The molecule has 1 aromatic carbocycles. The maximum absolute atomic E-state index is 12.9. The molecule has 6 rings (SSSR count). The number of phenolic OH excluding ortho intramolecular Hbond substituents is 1. The van der Waals surface area contributed by atoms with Gasteiger partial charge in [-0.25, -0.2) is 9.97 Å². The number of hydrogen-bond acceptors (Lipinski definition) is 6. The third kappa shape index (κ3) is 3.45. The van der Waals surface area contributed by atoms with E-state index in [1.165, 1.54) is 47.9 Å². The number of carbonyl (C=O) groups is 1. The van der Waals surface area contributed by atoms with Crippen LogP contribution < -0.4 is 4.90 Å². The van der Waals surface area contributed by atoms with Crippen LogP contribution in [0.2, 0.25) is 0 Å². The molecule has 1 saturated heterocycles. The molecule has 3 aliphatic rings. The normalized spacial score (nSPS) is 19.0. The van der Waals surface area contributed by atoms with Crippen molar-refractivity contribution in [1.82, 2.24) is 14.9 Å². The second-order valence-electron chi connectivity index (χ2n) is 8.90. The maximum atomic E-state index is 12.9. The number of aryl methyl sites for hydroxylation is 2. The van der Waals surface area contributed by atoms with Crippen molar-refractivity contribution >= 4 is 33.3 Å². The molecule has 0 bridgehead atoms. The number of carbonyl (C=O) groups excluding carboxylic acids is 1. The molecule has 0 spiro atoms. The molecular weight excluding hydrogens is 408 g/mol. The minimum atomic E-state index is -0.0185. The SMILES string of the molecule is O=C(c1cccc(O)c1)N1CCN(c2nc(C3CC3)nc3sc4c(c23)CCCC4)CC1. The van der Waals surface area contributed by atoms with Gasteiger partial charge in [-0.15, -0.1) is 11.3 Å². The Bertz CT molecular complexity index is 1160. The van der Waals surface area contributed by atoms with Crippen LogP contribution >= 0.6 is 11.3 Å². The molecule has 7 heteroatoms. The number of hydrogen-bond donors (Lipinski definition) is 1. The van der Waals surface area contributed by atoms with Gasteiger partial charge in [-0.2, -0.15) is 0 Å². The average Bonchev–Trinajstić information content (AvgIpc) is 3.58. The molecule has 2 fully saturated rings. The van der Waals surface area contributed by atoms with Crippen molar-refractivity contribution < 1.29 is 9.90 Å². The Morgan fingerprint density at radius 3 is 2.65 bits per heavy atom. The number of phenols is 1. The molecule has 0 unspecified atom stereocenters. The second-order valence-corrected chi connectivity index (χ2v) is 9.98. The highest BCUT2D eigenvalue weighted by molar-refractivity contribution is 7.19. The monoisotopic (exact) mass is 434 g/mol. The Hall–Kier alpha value is -2.67. The number of anilines is 1. The largest absolute Gasteiger partial charge is 0.508 e. The van der Waals surface area contributed by atoms with Crippen molar-refractivity contribution in [3.8, 4) is 5.75 Å². The van der Waals surface area contributed by atoms with Gasteiger partial charge >= 0.3 is 0 Å². The quantitative estimate of drug-likeness (QED) is 0.672. The summed E-state index contributed by atoms with van der Waals surface area (Å²) in [7, 11) is 0. The number of thiophene rings is 1. The molecule has 1 aliphatic heterocycles. The summed E-state index contributed by atoms with van der Waals surface area (Å²) in [4.78, 5) is 29.9. The molecule has 6 nitrogen and oxygen atoms in total. The maximum Gasteiger partial charge on any atom is 0.254 e. The van der Waals surface area contributed by atoms with Crippen LogP contribution in [0.4, 0.5) is 5.82 Å². The van der Waals surface area contributed by atoms with Gasteiger partial charge in [0.05, 0.1) is 5.39 Å². The number of nitrogens with zero attached hydrogens (tertiary/aromatic N) is 4. The van der Waals surface area contributed by atoms with E-state index in [0.717, 1.165) is 36.0 Å². The molecule has 31 heavy (non-hydrogen) atoms. The molecule has 2 aromatic heterocycles. The van der Waals surface area contributed by atoms with Crippen molar-refractivity contribution in [2.75, 3.05) is 31.1 Å². The van der Waals surface area contributed by atoms with Crippen molar-refractivity contribution in [3.05, 3.63) is 46.1 Å². The third-order valence-electron chi connectivity index (χ3n) is 6.71. The van der Waals surface area contributed by atoms with Gasteiger partial charge in [-0.05, 0) is 62.3 Å². The first-order valence-corrected chi connectivity index (χ1v) is 12.1. The predicted octanol–water partition coefficient (Wildman–Crippen LogP) is 4.12. The molecule has 1 amide bonds. The van der Waals surface area contributed by atoms with Crippen molar-refractivity contribution in [2.45, 2.75) is 44.4 Å². The average molecular weight is 435 g/mol. The zero-order valence-electron chi connectivity index (χ0n) is 17.5. The third-order valence-corrected chi connectivity index (χ3v) is 7.90. The molecule has 0 radical (unpaired) electrons. The standard InChI is InChI=1S/C24H26N4O2S/c29-17-5-3-4-16(14-17)24(30)28-12-10-27(11-13-28)22-20-18-6-1-2-7-19(18)31-23(20)26-21(25-22)15-8-9-15/h3-5,14-15,29H,1-2,6-13H2. The number of aromatic nitrogens is 2. The van der Waals surface area contributed by atoms with Crippen LogP contribution in [0.3, 0.4) is 0 Å². The highest BCUT2D eigenvalue weighted by Gasteiger charge is 2.32. The minimum Gasteiger partial charge on any atom is -0.508 e. The van der Waals surface area contributed by atoms with Crippen LogP contribution in [0.5, 0.6) is 5.75 Å². The summed E-state index contributed by atoms with van der Waals surface area (Å²) in [6, 6.07) is 6.62. The smallest absolute Gasteiger partial charge is 0.254 e. The molecule has 1 N–H and O–H groups in total. The highest BCUT2D eigenvalue weighted by atomic mass is 32.1. The van der Waals surface area contributed by atoms with Crippen LogP contribution in [0.25, 0.3) is 10.2 Å². The van der Waals surface area contributed by atoms with Crippen molar-refractivity contribution in [3.63, 3.8) is 0 Å². The lowest BCUT2D eigenvalue weighted by Crippen LogP contribution is -2.49. The summed E-state index contributed by atoms with van der Waals surface area (Å²) in [6.45, 7) is 2.85. The first kappa shape index (κ1) is 19.0. The Morgan fingerprint density at radius 1 is 1.06 bits per heavy atom. The Balaban J connectivity index is 1.29. The highest BCUT2D eigenvalue weighted by Crippen LogP contribution is 2.44. The van der Waals surface area contributed by atoms with Crippen LogP contribution in [0.1, 0.15) is 58.2 Å². The van der Waals surface area contributed by atoms with E-state index in [-0.39, 0.29) is 11.7 Å². The van der Waals surface area contributed by atoms with Gasteiger partial charge in [0.1, 0.15) is 22.2 Å². The van der Waals surface area contributed by atoms with Crippen LogP contribution in [-0.2, 0) is 12.8 Å². The van der Waals surface area contributed by atoms with Gasteiger partial charge in [0.25, 0.3) is 5.91 Å². The van der Waals surface area contributed by atoms with Gasteiger partial charge in [-0.3, -0.25) is 4.79 Å². The fourth-order valence-electron chi connectivity index (χ4n) is 4.85. The summed E-state index contributed by atoms with van der Waals surface area (Å²) in [5.41, 5.74) is 2.02. The summed E-state index contributed by atoms with van der Waals surface area (Å²) < 4.78 is 0. The molecule has 0 atom stereocenters. The van der Waals surface area contributed by atoms with E-state index >= 15 is 0 Å². The number of piperazine rings is 1. The second kappa shape index (κ2) is 7.48. The predicted molar refractivity (Wildman–Crippen MR) is 122 cm³/mol.